The third kappa shape index (κ3) is 4.64. The van der Waals surface area contributed by atoms with Gasteiger partial charge in [0.1, 0.15) is 0 Å². The molecule has 17 heavy (non-hydrogen) atoms. The van der Waals surface area contributed by atoms with Gasteiger partial charge in [0, 0.05) is 25.7 Å². The number of amides is 1. The molecule has 0 saturated carbocycles. The topological polar surface area (TPSA) is 58.4 Å². The largest absolute Gasteiger partial charge is 0.354 e. The molecule has 1 amide bonds. The van der Waals surface area contributed by atoms with Crippen molar-refractivity contribution in [1.82, 2.24) is 10.2 Å². The number of likely N-dealkylation sites (tertiary alicyclic amines) is 1. The third-order valence-corrected chi connectivity index (χ3v) is 3.33. The molecule has 1 rings (SSSR count). The maximum Gasteiger partial charge on any atom is 0.237 e. The van der Waals surface area contributed by atoms with Crippen LogP contribution in [0.5, 0.6) is 0 Å². The first-order valence-corrected chi connectivity index (χ1v) is 6.67. The fourth-order valence-corrected chi connectivity index (χ4v) is 2.38. The Balaban J connectivity index is 2.45. The highest BCUT2D eigenvalue weighted by Gasteiger charge is 2.28. The van der Waals surface area contributed by atoms with Crippen LogP contribution in [0.3, 0.4) is 0 Å². The molecule has 0 aromatic rings. The first kappa shape index (κ1) is 14.5. The van der Waals surface area contributed by atoms with Crippen LogP contribution in [-0.4, -0.2) is 42.5 Å². The quantitative estimate of drug-likeness (QED) is 0.766. The number of nitrogens with two attached hydrogens (primary N) is 1. The Labute approximate surface area is 105 Å². The smallest absolute Gasteiger partial charge is 0.237 e. The highest BCUT2D eigenvalue weighted by Crippen LogP contribution is 2.17. The molecule has 1 fully saturated rings. The van der Waals surface area contributed by atoms with E-state index in [1.807, 2.05) is 6.92 Å². The van der Waals surface area contributed by atoms with Gasteiger partial charge in [0.05, 0.1) is 6.04 Å². The molecule has 0 aromatic carbocycles. The van der Waals surface area contributed by atoms with Gasteiger partial charge in [-0.15, -0.1) is 0 Å². The summed E-state index contributed by atoms with van der Waals surface area (Å²) in [4.78, 5) is 14.2. The Bertz CT molecular complexity index is 245. The van der Waals surface area contributed by atoms with Crippen LogP contribution in [0.15, 0.2) is 0 Å². The lowest BCUT2D eigenvalue weighted by Crippen LogP contribution is -2.54. The van der Waals surface area contributed by atoms with Crippen LogP contribution in [0.4, 0.5) is 0 Å². The third-order valence-electron chi connectivity index (χ3n) is 3.33. The van der Waals surface area contributed by atoms with Gasteiger partial charge in [-0.2, -0.15) is 0 Å². The van der Waals surface area contributed by atoms with E-state index in [4.69, 9.17) is 5.73 Å². The predicted molar refractivity (Wildman–Crippen MR) is 70.6 cm³/mol. The second-order valence-corrected chi connectivity index (χ2v) is 5.87. The second-order valence-electron chi connectivity index (χ2n) is 5.87. The Kier molecular flexibility index (Phi) is 5.40. The zero-order valence-electron chi connectivity index (χ0n) is 11.6. The van der Waals surface area contributed by atoms with E-state index < -0.39 is 0 Å². The normalized spacial score (nSPS) is 28.1. The summed E-state index contributed by atoms with van der Waals surface area (Å²) in [7, 11) is 0. The number of carbonyl (C=O) groups is 1. The van der Waals surface area contributed by atoms with Crippen LogP contribution in [-0.2, 0) is 4.79 Å². The maximum atomic E-state index is 12.0. The minimum Gasteiger partial charge on any atom is -0.354 e. The first-order valence-electron chi connectivity index (χ1n) is 6.67. The summed E-state index contributed by atoms with van der Waals surface area (Å²) < 4.78 is 0. The molecule has 100 valence electrons. The van der Waals surface area contributed by atoms with Crippen LogP contribution in [0.25, 0.3) is 0 Å². The minimum absolute atomic E-state index is 0.0671. The van der Waals surface area contributed by atoms with Gasteiger partial charge >= 0.3 is 0 Å². The van der Waals surface area contributed by atoms with Crippen LogP contribution in [0.1, 0.15) is 34.1 Å². The van der Waals surface area contributed by atoms with Crippen LogP contribution in [0.2, 0.25) is 0 Å². The molecule has 4 heteroatoms. The van der Waals surface area contributed by atoms with Crippen molar-refractivity contribution in [2.75, 3.05) is 19.6 Å². The highest BCUT2D eigenvalue weighted by atomic mass is 16.2. The van der Waals surface area contributed by atoms with Crippen LogP contribution < -0.4 is 11.1 Å². The zero-order valence-corrected chi connectivity index (χ0v) is 11.6. The van der Waals surface area contributed by atoms with Gasteiger partial charge in [-0.3, -0.25) is 9.69 Å². The van der Waals surface area contributed by atoms with E-state index >= 15 is 0 Å². The number of carbonyl (C=O) groups excluding carboxylic acids is 1. The molecule has 0 aliphatic carbocycles. The van der Waals surface area contributed by atoms with Crippen molar-refractivity contribution in [3.63, 3.8) is 0 Å². The van der Waals surface area contributed by atoms with Crippen molar-refractivity contribution in [2.45, 2.75) is 46.2 Å². The molecular formula is C13H27N3O. The Morgan fingerprint density at radius 2 is 2.06 bits per heavy atom. The van der Waals surface area contributed by atoms with E-state index in [2.05, 4.69) is 31.0 Å². The van der Waals surface area contributed by atoms with Gasteiger partial charge in [0.2, 0.25) is 5.91 Å². The van der Waals surface area contributed by atoms with Gasteiger partial charge in [0.15, 0.2) is 0 Å². The van der Waals surface area contributed by atoms with Gasteiger partial charge in [-0.25, -0.2) is 0 Å². The molecule has 4 nitrogen and oxygen atoms in total. The van der Waals surface area contributed by atoms with E-state index in [-0.39, 0.29) is 18.0 Å². The number of hydrogen-bond acceptors (Lipinski definition) is 3. The standard InChI is InChI=1S/C13H27N3O/c1-9(2)6-15-13(17)11(4)16-7-10(3)5-12(14)8-16/h9-12H,5-8,14H2,1-4H3,(H,15,17). The number of nitrogens with zero attached hydrogens (tertiary/aromatic N) is 1. The van der Waals surface area contributed by atoms with Crippen molar-refractivity contribution < 1.29 is 4.79 Å². The molecule has 1 heterocycles. The molecule has 3 unspecified atom stereocenters. The summed E-state index contributed by atoms with van der Waals surface area (Å²) in [5.74, 6) is 1.20. The Morgan fingerprint density at radius 3 is 2.59 bits per heavy atom. The van der Waals surface area contributed by atoms with E-state index in [1.165, 1.54) is 0 Å². The molecule has 0 aromatic heterocycles. The lowest BCUT2D eigenvalue weighted by molar-refractivity contribution is -0.126. The molecule has 1 aliphatic heterocycles. The molecular weight excluding hydrogens is 214 g/mol. The SMILES string of the molecule is CC(C)CNC(=O)C(C)N1CC(C)CC(N)C1. The van der Waals surface area contributed by atoms with Crippen molar-refractivity contribution in [2.24, 2.45) is 17.6 Å². The lowest BCUT2D eigenvalue weighted by atomic mass is 9.95. The summed E-state index contributed by atoms with van der Waals surface area (Å²) in [5, 5.41) is 2.99. The van der Waals surface area contributed by atoms with Gasteiger partial charge in [-0.1, -0.05) is 20.8 Å². The first-order chi connectivity index (χ1) is 7.90. The molecule has 1 saturated heterocycles. The summed E-state index contributed by atoms with van der Waals surface area (Å²) in [6.07, 6.45) is 1.07. The van der Waals surface area contributed by atoms with Gasteiger partial charge in [0.25, 0.3) is 0 Å². The molecule has 3 atom stereocenters. The zero-order chi connectivity index (χ0) is 13.0. The van der Waals surface area contributed by atoms with Crippen LogP contribution in [0, 0.1) is 11.8 Å². The summed E-state index contributed by atoms with van der Waals surface area (Å²) in [6.45, 7) is 10.9. The van der Waals surface area contributed by atoms with Crippen molar-refractivity contribution in [1.29, 1.82) is 0 Å². The predicted octanol–water partition coefficient (Wildman–Crippen LogP) is 0.816. The molecule has 3 N–H and O–H groups in total. The summed E-state index contributed by atoms with van der Waals surface area (Å²) in [6, 6.07) is 0.140. The highest BCUT2D eigenvalue weighted by molar-refractivity contribution is 5.81. The molecule has 0 bridgehead atoms. The molecule has 0 radical (unpaired) electrons. The van der Waals surface area contributed by atoms with Gasteiger partial charge in [-0.05, 0) is 25.2 Å². The van der Waals surface area contributed by atoms with E-state index in [0.717, 1.165) is 26.1 Å². The lowest BCUT2D eigenvalue weighted by Gasteiger charge is -2.37. The molecule has 1 aliphatic rings. The summed E-state index contributed by atoms with van der Waals surface area (Å²) >= 11 is 0. The number of hydrogen-bond donors (Lipinski definition) is 2. The van der Waals surface area contributed by atoms with Crippen molar-refractivity contribution >= 4 is 5.91 Å². The van der Waals surface area contributed by atoms with E-state index in [1.54, 1.807) is 0 Å². The molecule has 0 spiro atoms. The second kappa shape index (κ2) is 6.36. The number of nitrogens with one attached hydrogen (secondary N) is 1. The Hall–Kier alpha value is -0.610. The maximum absolute atomic E-state index is 12.0. The summed E-state index contributed by atoms with van der Waals surface area (Å²) in [5.41, 5.74) is 6.00. The average molecular weight is 241 g/mol. The monoisotopic (exact) mass is 241 g/mol. The minimum atomic E-state index is -0.0671. The van der Waals surface area contributed by atoms with Crippen molar-refractivity contribution in [3.8, 4) is 0 Å². The average Bonchev–Trinajstić information content (AvgIpc) is 2.23. The number of piperidine rings is 1. The van der Waals surface area contributed by atoms with Crippen LogP contribution >= 0.6 is 0 Å². The Morgan fingerprint density at radius 1 is 1.41 bits per heavy atom. The van der Waals surface area contributed by atoms with E-state index in [0.29, 0.717) is 11.8 Å². The van der Waals surface area contributed by atoms with E-state index in [9.17, 15) is 4.79 Å². The fraction of sp³-hybridized carbons (Fsp3) is 0.923. The fourth-order valence-electron chi connectivity index (χ4n) is 2.38. The van der Waals surface area contributed by atoms with Crippen molar-refractivity contribution in [3.05, 3.63) is 0 Å². The van der Waals surface area contributed by atoms with Gasteiger partial charge < -0.3 is 11.1 Å². The number of rotatable bonds is 4.